The number of nitrogens with two attached hydrogens (primary N) is 1. The quantitative estimate of drug-likeness (QED) is 0.0770. The third-order valence-corrected chi connectivity index (χ3v) is 12.8. The van der Waals surface area contributed by atoms with Crippen molar-refractivity contribution in [1.29, 1.82) is 0 Å². The Labute approximate surface area is 138 Å². The SMILES string of the molecule is CC(I)(C(N)=NC1C2CC3C(=O)OC1C3C2)C12NI1N2. The third kappa shape index (κ3) is 1.37. The number of nitrogens with one attached hydrogen (secondary N) is 2. The summed E-state index contributed by atoms with van der Waals surface area (Å²) >= 11 is 1.37. The first-order valence-corrected chi connectivity index (χ1v) is 11.2. The topological polar surface area (TPSA) is 109 Å². The summed E-state index contributed by atoms with van der Waals surface area (Å²) in [4.78, 5) is 16.6. The minimum absolute atomic E-state index is 0.00395. The number of halogens is 2. The van der Waals surface area contributed by atoms with E-state index in [0.29, 0.717) is 17.7 Å². The van der Waals surface area contributed by atoms with Crippen molar-refractivity contribution in [2.45, 2.75) is 39.0 Å². The fourth-order valence-electron chi connectivity index (χ4n) is 4.14. The van der Waals surface area contributed by atoms with Gasteiger partial charge in [-0.2, -0.15) is 0 Å². The number of fused-ring (bicyclic) bond motifs is 2. The van der Waals surface area contributed by atoms with Crippen LogP contribution in [0.1, 0.15) is 19.8 Å². The predicted octanol–water partition coefficient (Wildman–Crippen LogP) is 0.684. The number of carbonyl (C=O) groups excluding carboxylic acids is 1. The Morgan fingerprint density at radius 3 is 2.95 bits per heavy atom. The van der Waals surface area contributed by atoms with Crippen LogP contribution in [0, 0.1) is 17.8 Å². The molecule has 3 saturated heterocycles. The summed E-state index contributed by atoms with van der Waals surface area (Å²) in [6.07, 6.45) is 2.02. The fourth-order valence-corrected chi connectivity index (χ4v) is 12.0. The molecule has 0 spiro atoms. The van der Waals surface area contributed by atoms with Crippen molar-refractivity contribution in [3.05, 3.63) is 0 Å². The van der Waals surface area contributed by atoms with Gasteiger partial charge in [-0.05, 0) is 0 Å². The molecule has 5 rings (SSSR count). The van der Waals surface area contributed by atoms with E-state index in [1.807, 2.05) is 0 Å². The Balaban J connectivity index is 1.44. The van der Waals surface area contributed by atoms with Crippen LogP contribution in [0.4, 0.5) is 0 Å². The molecule has 110 valence electrons. The summed E-state index contributed by atoms with van der Waals surface area (Å²) in [5.74, 6) is 1.73. The van der Waals surface area contributed by atoms with Crippen LogP contribution in [-0.2, 0) is 9.53 Å². The molecular formula is C12H16I2N4O2. The maximum absolute atomic E-state index is 11.8. The van der Waals surface area contributed by atoms with E-state index in [1.165, 1.54) is 0 Å². The molecule has 3 aliphatic heterocycles. The van der Waals surface area contributed by atoms with E-state index in [1.54, 1.807) is 0 Å². The first kappa shape index (κ1) is 12.8. The number of amidine groups is 1. The van der Waals surface area contributed by atoms with E-state index >= 15 is 0 Å². The Morgan fingerprint density at radius 2 is 2.30 bits per heavy atom. The number of nitrogens with zero attached hydrogens (tertiary/aromatic N) is 1. The average Bonchev–Trinajstić information content (AvgIpc) is 3.13. The molecule has 20 heavy (non-hydrogen) atoms. The van der Waals surface area contributed by atoms with Gasteiger partial charge < -0.3 is 0 Å². The Bertz CT molecular complexity index is 560. The molecule has 2 bridgehead atoms. The number of ether oxygens (including phenoxy) is 1. The van der Waals surface area contributed by atoms with Crippen molar-refractivity contribution in [1.82, 2.24) is 7.06 Å². The summed E-state index contributed by atoms with van der Waals surface area (Å²) < 4.78 is 12.5. The van der Waals surface area contributed by atoms with Crippen LogP contribution >= 0.6 is 43.0 Å². The van der Waals surface area contributed by atoms with Gasteiger partial charge in [0.1, 0.15) is 0 Å². The van der Waals surface area contributed by atoms with Crippen LogP contribution in [0.2, 0.25) is 0 Å². The second-order valence-electron chi connectivity index (χ2n) is 6.54. The zero-order valence-corrected chi connectivity index (χ0v) is 15.2. The Hall–Kier alpha value is 0.320. The summed E-state index contributed by atoms with van der Waals surface area (Å²) in [5, 5.41) is 0. The normalized spacial score (nSPS) is 50.7. The van der Waals surface area contributed by atoms with Crippen molar-refractivity contribution in [3.8, 4) is 0 Å². The average molecular weight is 502 g/mol. The first-order valence-electron chi connectivity index (χ1n) is 6.93. The van der Waals surface area contributed by atoms with E-state index in [9.17, 15) is 4.79 Å². The Kier molecular flexibility index (Phi) is 2.32. The molecule has 8 heteroatoms. The molecule has 0 aromatic carbocycles. The van der Waals surface area contributed by atoms with Gasteiger partial charge >= 0.3 is 139 Å². The van der Waals surface area contributed by atoms with Crippen LogP contribution in [0.15, 0.2) is 4.99 Å². The second-order valence-corrected chi connectivity index (χ2v) is 13.0. The fraction of sp³-hybridized carbons (Fsp3) is 0.833. The standard InChI is InChI=1S/C12H16I2N4O2/c1-11(13,12-14(17-12)18-12)10(15)16-7-4-2-5-6(3-4)9(19)20-8(5)7/h4-8,17-18H,2-3H2,1H3,(H2,15,16). The van der Waals surface area contributed by atoms with Crippen molar-refractivity contribution < 1.29 is 9.53 Å². The zero-order chi connectivity index (χ0) is 13.9. The zero-order valence-electron chi connectivity index (χ0n) is 10.9. The van der Waals surface area contributed by atoms with Crippen LogP contribution in [0.25, 0.3) is 0 Å². The Morgan fingerprint density at radius 1 is 1.60 bits per heavy atom. The van der Waals surface area contributed by atoms with E-state index in [0.717, 1.165) is 12.8 Å². The maximum atomic E-state index is 11.8. The van der Waals surface area contributed by atoms with Gasteiger partial charge in [-0.25, -0.2) is 0 Å². The predicted molar refractivity (Wildman–Crippen MR) is 90.4 cm³/mol. The van der Waals surface area contributed by atoms with E-state index in [-0.39, 0.29) is 31.1 Å². The molecule has 6 unspecified atom stereocenters. The van der Waals surface area contributed by atoms with Crippen molar-refractivity contribution in [2.24, 2.45) is 28.5 Å². The van der Waals surface area contributed by atoms with Crippen LogP contribution < -0.4 is 12.8 Å². The van der Waals surface area contributed by atoms with Gasteiger partial charge in [-0.1, -0.05) is 0 Å². The van der Waals surface area contributed by atoms with Crippen molar-refractivity contribution in [3.63, 3.8) is 0 Å². The molecule has 2 aliphatic carbocycles. The van der Waals surface area contributed by atoms with Crippen LogP contribution in [0.3, 0.4) is 0 Å². The van der Waals surface area contributed by atoms with E-state index in [2.05, 4.69) is 36.6 Å². The molecule has 5 fully saturated rings. The van der Waals surface area contributed by atoms with Gasteiger partial charge in [0, 0.05) is 0 Å². The molecule has 2 saturated carbocycles. The van der Waals surface area contributed by atoms with Crippen LogP contribution in [-0.4, -0.2) is 31.0 Å². The van der Waals surface area contributed by atoms with Crippen LogP contribution in [0.5, 0.6) is 0 Å². The summed E-state index contributed by atoms with van der Waals surface area (Å²) in [6.45, 7) is 2.15. The van der Waals surface area contributed by atoms with Gasteiger partial charge in [0.2, 0.25) is 0 Å². The molecule has 5 aliphatic rings. The number of aliphatic imine (C=N–C) groups is 1. The van der Waals surface area contributed by atoms with Gasteiger partial charge in [0.05, 0.1) is 0 Å². The summed E-state index contributed by atoms with van der Waals surface area (Å²) in [5.41, 5.74) is 6.33. The molecule has 6 nitrogen and oxygen atoms in total. The molecule has 3 heterocycles. The minimum atomic E-state index is -1.04. The van der Waals surface area contributed by atoms with Gasteiger partial charge in [-0.3, -0.25) is 0 Å². The van der Waals surface area contributed by atoms with Crippen molar-refractivity contribution >= 4 is 54.8 Å². The molecule has 6 atom stereocenters. The summed E-state index contributed by atoms with van der Waals surface area (Å²) in [7, 11) is 0. The number of alkyl halides is 2. The number of carbonyl (C=O) groups is 1. The van der Waals surface area contributed by atoms with Crippen molar-refractivity contribution in [2.75, 3.05) is 0 Å². The molecule has 0 amide bonds. The third-order valence-electron chi connectivity index (χ3n) is 5.52. The van der Waals surface area contributed by atoms with E-state index < -0.39 is 20.4 Å². The van der Waals surface area contributed by atoms with Gasteiger partial charge in [0.25, 0.3) is 0 Å². The van der Waals surface area contributed by atoms with E-state index in [4.69, 9.17) is 15.5 Å². The number of hydrogen-bond donors (Lipinski definition) is 3. The molecule has 0 radical (unpaired) electrons. The second kappa shape index (κ2) is 3.62. The van der Waals surface area contributed by atoms with Gasteiger partial charge in [-0.15, -0.1) is 0 Å². The number of hydrogen-bond acceptors (Lipinski definition) is 5. The molecule has 0 aromatic heterocycles. The van der Waals surface area contributed by atoms with Gasteiger partial charge in [0.15, 0.2) is 0 Å². The molecule has 4 N–H and O–H groups in total. The first-order chi connectivity index (χ1) is 9.44. The monoisotopic (exact) mass is 502 g/mol. The molecular weight excluding hydrogens is 486 g/mol. The number of rotatable bonds is 3. The number of esters is 1. The summed E-state index contributed by atoms with van der Waals surface area (Å²) in [6, 6.07) is 0.0907. The molecule has 0 aromatic rings.